The topological polar surface area (TPSA) is 107 Å². The molecule has 0 radical (unpaired) electrons. The van der Waals surface area contributed by atoms with Gasteiger partial charge in [0.15, 0.2) is 0 Å². The number of benzene rings is 1. The van der Waals surface area contributed by atoms with Gasteiger partial charge in [0, 0.05) is 19.0 Å². The summed E-state index contributed by atoms with van der Waals surface area (Å²) in [5, 5.41) is 21.5. The number of carbonyl (C=O) groups excluding carboxylic acids is 1. The van der Waals surface area contributed by atoms with Gasteiger partial charge in [-0.15, -0.1) is 0 Å². The molecule has 0 aromatic heterocycles. The van der Waals surface area contributed by atoms with Crippen molar-refractivity contribution in [2.75, 3.05) is 11.4 Å². The molecule has 8 nitrogen and oxygen atoms in total. The first kappa shape index (κ1) is 12.0. The summed E-state index contributed by atoms with van der Waals surface area (Å²) in [5.41, 5.74) is -0.662. The fourth-order valence-electron chi connectivity index (χ4n) is 1.90. The summed E-state index contributed by atoms with van der Waals surface area (Å²) in [7, 11) is 0. The second-order valence-corrected chi connectivity index (χ2v) is 3.84. The Morgan fingerprint density at radius 3 is 2.39 bits per heavy atom. The standard InChI is InChI=1S/C10H9N3O5/c14-10-2-1-5-11(10)8-4-3-7(12(15)16)6-9(8)13(17)18/h3-4,6H,1-2,5H2. The Hall–Kier alpha value is -2.51. The minimum absolute atomic E-state index is 0.119. The predicted molar refractivity (Wildman–Crippen MR) is 61.3 cm³/mol. The van der Waals surface area contributed by atoms with Gasteiger partial charge < -0.3 is 4.90 Å². The van der Waals surface area contributed by atoms with Crippen molar-refractivity contribution in [1.82, 2.24) is 0 Å². The second kappa shape index (κ2) is 4.40. The largest absolute Gasteiger partial charge is 0.306 e. The second-order valence-electron chi connectivity index (χ2n) is 3.84. The summed E-state index contributed by atoms with van der Waals surface area (Å²) >= 11 is 0. The maximum Gasteiger partial charge on any atom is 0.299 e. The third-order valence-corrected chi connectivity index (χ3v) is 2.73. The number of hydrogen-bond donors (Lipinski definition) is 0. The van der Waals surface area contributed by atoms with E-state index in [1.165, 1.54) is 11.0 Å². The number of rotatable bonds is 3. The first-order valence-electron chi connectivity index (χ1n) is 5.24. The molecule has 0 N–H and O–H groups in total. The van der Waals surface area contributed by atoms with E-state index in [4.69, 9.17) is 0 Å². The smallest absolute Gasteiger partial charge is 0.299 e. The van der Waals surface area contributed by atoms with Crippen LogP contribution in [0.25, 0.3) is 0 Å². The highest BCUT2D eigenvalue weighted by molar-refractivity contribution is 5.97. The van der Waals surface area contributed by atoms with Crippen LogP contribution in [-0.2, 0) is 4.79 Å². The molecule has 0 unspecified atom stereocenters. The maximum atomic E-state index is 11.5. The van der Waals surface area contributed by atoms with Gasteiger partial charge in [-0.25, -0.2) is 0 Å². The predicted octanol–water partition coefficient (Wildman–Crippen LogP) is 1.63. The van der Waals surface area contributed by atoms with E-state index in [1.54, 1.807) is 0 Å². The van der Waals surface area contributed by atoms with Gasteiger partial charge in [-0.05, 0) is 12.5 Å². The lowest BCUT2D eigenvalue weighted by atomic mass is 10.2. The fraction of sp³-hybridized carbons (Fsp3) is 0.300. The lowest BCUT2D eigenvalue weighted by Crippen LogP contribution is -2.24. The van der Waals surface area contributed by atoms with Gasteiger partial charge in [0.25, 0.3) is 11.4 Å². The molecule has 1 heterocycles. The monoisotopic (exact) mass is 251 g/mol. The summed E-state index contributed by atoms with van der Waals surface area (Å²) < 4.78 is 0. The lowest BCUT2D eigenvalue weighted by Gasteiger charge is -2.15. The molecule has 0 spiro atoms. The van der Waals surface area contributed by atoms with Crippen LogP contribution in [0.1, 0.15) is 12.8 Å². The summed E-state index contributed by atoms with van der Waals surface area (Å²) in [6.07, 6.45) is 0.973. The van der Waals surface area contributed by atoms with Crippen LogP contribution in [-0.4, -0.2) is 22.3 Å². The zero-order valence-electron chi connectivity index (χ0n) is 9.24. The van der Waals surface area contributed by atoms with Crippen LogP contribution < -0.4 is 4.90 Å². The zero-order valence-corrected chi connectivity index (χ0v) is 9.24. The van der Waals surface area contributed by atoms with Crippen LogP contribution in [0.3, 0.4) is 0 Å². The molecule has 1 saturated heterocycles. The van der Waals surface area contributed by atoms with Gasteiger partial charge >= 0.3 is 0 Å². The Balaban J connectivity index is 2.50. The number of carbonyl (C=O) groups is 1. The molecule has 0 bridgehead atoms. The number of non-ortho nitro benzene ring substituents is 1. The molecule has 0 saturated carbocycles. The first-order chi connectivity index (χ1) is 8.50. The van der Waals surface area contributed by atoms with E-state index in [9.17, 15) is 25.0 Å². The van der Waals surface area contributed by atoms with Crippen molar-refractivity contribution >= 4 is 23.0 Å². The van der Waals surface area contributed by atoms with Crippen molar-refractivity contribution in [2.45, 2.75) is 12.8 Å². The first-order valence-corrected chi connectivity index (χ1v) is 5.24. The van der Waals surface area contributed by atoms with E-state index < -0.39 is 15.5 Å². The summed E-state index contributed by atoms with van der Waals surface area (Å²) in [5.74, 6) is -0.202. The Labute approximate surface area is 101 Å². The highest BCUT2D eigenvalue weighted by Gasteiger charge is 2.29. The molecule has 1 fully saturated rings. The van der Waals surface area contributed by atoms with Gasteiger partial charge in [-0.2, -0.15) is 0 Å². The molecule has 0 atom stereocenters. The minimum atomic E-state index is -0.714. The average molecular weight is 251 g/mol. The Kier molecular flexibility index (Phi) is 2.92. The van der Waals surface area contributed by atoms with Crippen LogP contribution >= 0.6 is 0 Å². The van der Waals surface area contributed by atoms with E-state index in [0.29, 0.717) is 19.4 Å². The van der Waals surface area contributed by atoms with Crippen LogP contribution in [0.5, 0.6) is 0 Å². The SMILES string of the molecule is O=C1CCCN1c1ccc([N+](=O)[O-])cc1[N+](=O)[O-]. The molecule has 8 heteroatoms. The summed E-state index contributed by atoms with van der Waals surface area (Å²) in [6.45, 7) is 0.400. The molecule has 1 aromatic carbocycles. The number of nitro benzene ring substituents is 2. The molecule has 1 aromatic rings. The van der Waals surface area contributed by atoms with Gasteiger partial charge in [-0.1, -0.05) is 0 Å². The Morgan fingerprint density at radius 1 is 1.17 bits per heavy atom. The van der Waals surface area contributed by atoms with Crippen molar-refractivity contribution in [2.24, 2.45) is 0 Å². The van der Waals surface area contributed by atoms with E-state index >= 15 is 0 Å². The Morgan fingerprint density at radius 2 is 1.89 bits per heavy atom. The number of anilines is 1. The summed E-state index contributed by atoms with van der Waals surface area (Å²) in [6, 6.07) is 3.29. The molecule has 94 valence electrons. The van der Waals surface area contributed by atoms with Gasteiger partial charge in [0.2, 0.25) is 5.91 Å². The molecular formula is C10H9N3O5. The molecule has 2 rings (SSSR count). The lowest BCUT2D eigenvalue weighted by molar-refractivity contribution is -0.393. The number of hydrogen-bond acceptors (Lipinski definition) is 5. The summed E-state index contributed by atoms with van der Waals surface area (Å²) in [4.78, 5) is 32.9. The maximum absolute atomic E-state index is 11.5. The van der Waals surface area contributed by atoms with Crippen molar-refractivity contribution in [3.05, 3.63) is 38.4 Å². The van der Waals surface area contributed by atoms with Crippen molar-refractivity contribution < 1.29 is 14.6 Å². The molecule has 1 amide bonds. The zero-order chi connectivity index (χ0) is 13.3. The van der Waals surface area contributed by atoms with Crippen molar-refractivity contribution in [3.8, 4) is 0 Å². The van der Waals surface area contributed by atoms with Gasteiger partial charge in [-0.3, -0.25) is 25.0 Å². The third-order valence-electron chi connectivity index (χ3n) is 2.73. The minimum Gasteiger partial charge on any atom is -0.306 e. The molecule has 1 aliphatic heterocycles. The van der Waals surface area contributed by atoms with Crippen LogP contribution in [0, 0.1) is 20.2 Å². The highest BCUT2D eigenvalue weighted by Crippen LogP contribution is 2.34. The van der Waals surface area contributed by atoms with Gasteiger partial charge in [0.1, 0.15) is 5.69 Å². The van der Waals surface area contributed by atoms with E-state index in [1.807, 2.05) is 0 Å². The molecular weight excluding hydrogens is 242 g/mol. The quantitative estimate of drug-likeness (QED) is 0.599. The van der Waals surface area contributed by atoms with Crippen molar-refractivity contribution in [1.29, 1.82) is 0 Å². The van der Waals surface area contributed by atoms with E-state index in [-0.39, 0.29) is 17.3 Å². The number of nitro groups is 2. The fourth-order valence-corrected chi connectivity index (χ4v) is 1.90. The highest BCUT2D eigenvalue weighted by atomic mass is 16.6. The van der Waals surface area contributed by atoms with Crippen LogP contribution in [0.15, 0.2) is 18.2 Å². The molecule has 0 aliphatic carbocycles. The number of nitrogens with zero attached hydrogens (tertiary/aromatic N) is 3. The normalized spacial score (nSPS) is 14.9. The third kappa shape index (κ3) is 1.99. The van der Waals surface area contributed by atoms with Gasteiger partial charge in [0.05, 0.1) is 15.9 Å². The van der Waals surface area contributed by atoms with Crippen molar-refractivity contribution in [3.63, 3.8) is 0 Å². The van der Waals surface area contributed by atoms with E-state index in [2.05, 4.69) is 0 Å². The average Bonchev–Trinajstić information content (AvgIpc) is 2.74. The van der Waals surface area contributed by atoms with Crippen LogP contribution in [0.4, 0.5) is 17.1 Å². The Bertz CT molecular complexity index is 542. The number of amides is 1. The van der Waals surface area contributed by atoms with E-state index in [0.717, 1.165) is 12.1 Å². The van der Waals surface area contributed by atoms with Crippen LogP contribution in [0.2, 0.25) is 0 Å². The molecule has 18 heavy (non-hydrogen) atoms. The molecule has 1 aliphatic rings.